The van der Waals surface area contributed by atoms with Crippen molar-refractivity contribution in [1.82, 2.24) is 0 Å². The predicted octanol–water partition coefficient (Wildman–Crippen LogP) is 3.72. The number of hydrogen-bond acceptors (Lipinski definition) is 2. The van der Waals surface area contributed by atoms with Crippen molar-refractivity contribution in [2.45, 2.75) is 13.3 Å². The van der Waals surface area contributed by atoms with Gasteiger partial charge < -0.3 is 17.2 Å². The summed E-state index contributed by atoms with van der Waals surface area (Å²) in [6.07, 6.45) is 2.75. The largest absolute Gasteiger partial charge is 0.794 e. The molecular weight excluding hydrogens is 299 g/mol. The van der Waals surface area contributed by atoms with Gasteiger partial charge >= 0.3 is 0 Å². The maximum atomic E-state index is 9.20. The zero-order chi connectivity index (χ0) is 10.4. The molecule has 0 heterocycles. The summed E-state index contributed by atoms with van der Waals surface area (Å²) in [6.45, 7) is 2.09. The first-order valence-electron chi connectivity index (χ1n) is 4.36. The van der Waals surface area contributed by atoms with Crippen LogP contribution < -0.4 is 0 Å². The van der Waals surface area contributed by atoms with E-state index in [9.17, 15) is 5.41 Å². The molecule has 1 rings (SSSR count). The Morgan fingerprint density at radius 1 is 1.47 bits per heavy atom. The summed E-state index contributed by atoms with van der Waals surface area (Å²) in [5.41, 5.74) is 2.56. The van der Waals surface area contributed by atoms with Gasteiger partial charge in [-0.15, -0.1) is 10.8 Å². The smallest absolute Gasteiger partial charge is 0 e. The van der Waals surface area contributed by atoms with Crippen molar-refractivity contribution in [3.05, 3.63) is 46.6 Å². The van der Waals surface area contributed by atoms with Gasteiger partial charge in [-0.2, -0.15) is 11.8 Å². The molecule has 0 aliphatic rings. The van der Waals surface area contributed by atoms with E-state index in [4.69, 9.17) is 0 Å². The Hall–Kier alpha value is 0.694. The molecule has 0 fully saturated rings. The first-order valence-corrected chi connectivity index (χ1v) is 6.46. The molecule has 1 aromatic carbocycles. The number of aryl methyl sites for hydroxylation is 1. The Kier molecular flexibility index (Phi) is 9.21. The van der Waals surface area contributed by atoms with E-state index in [1.807, 2.05) is 12.0 Å². The maximum absolute atomic E-state index is 9.20. The van der Waals surface area contributed by atoms with Crippen molar-refractivity contribution in [2.24, 2.45) is 0 Å². The Morgan fingerprint density at radius 3 is 2.80 bits per heavy atom. The van der Waals surface area contributed by atoms with Crippen molar-refractivity contribution in [3.63, 3.8) is 0 Å². The third-order valence-corrected chi connectivity index (χ3v) is 3.43. The number of benzene rings is 1. The molecule has 1 radical (unpaired) electrons. The van der Waals surface area contributed by atoms with Gasteiger partial charge in [-0.25, -0.2) is 0 Å². The minimum Gasteiger partial charge on any atom is -0.794 e. The van der Waals surface area contributed by atoms with Crippen molar-refractivity contribution in [2.75, 3.05) is 6.26 Å². The molecule has 1 nitrogen and oxygen atoms in total. The second kappa shape index (κ2) is 8.80. The number of thioether (sulfide) groups is 2. The van der Waals surface area contributed by atoms with Crippen LogP contribution in [0.4, 0.5) is 0 Å². The van der Waals surface area contributed by atoms with Crippen molar-refractivity contribution >= 4 is 27.9 Å². The molecule has 0 N–H and O–H groups in total. The summed E-state index contributed by atoms with van der Waals surface area (Å²) in [5.74, 6) is 2.01. The molecule has 15 heavy (non-hydrogen) atoms. The summed E-state index contributed by atoms with van der Waals surface area (Å²) in [7, 11) is 0. The molecule has 0 unspecified atom stereocenters. The van der Waals surface area contributed by atoms with E-state index in [2.05, 4.69) is 31.2 Å². The zero-order valence-electron chi connectivity index (χ0n) is 8.93. The van der Waals surface area contributed by atoms with Crippen molar-refractivity contribution in [3.8, 4) is 0 Å². The molecule has 0 atom stereocenters. The molecular formula is C11H13NS2Y-2. The van der Waals surface area contributed by atoms with E-state index in [0.717, 1.165) is 6.42 Å². The first-order chi connectivity index (χ1) is 6.72. The van der Waals surface area contributed by atoms with E-state index in [1.54, 1.807) is 0 Å². The SMILES string of the molecule is CSC(=[N-])S[CH-]Cc1cccc(C)c1.[Y]. The second-order valence-electron chi connectivity index (χ2n) is 2.95. The number of hydrogen-bond donors (Lipinski definition) is 0. The molecule has 0 amide bonds. The Balaban J connectivity index is 0.00000196. The van der Waals surface area contributed by atoms with Crippen LogP contribution in [0.1, 0.15) is 11.1 Å². The van der Waals surface area contributed by atoms with Crippen LogP contribution in [0.2, 0.25) is 0 Å². The monoisotopic (exact) mass is 312 g/mol. The zero-order valence-corrected chi connectivity index (χ0v) is 13.4. The van der Waals surface area contributed by atoms with Gasteiger partial charge in [0.2, 0.25) is 0 Å². The second-order valence-corrected chi connectivity index (χ2v) is 4.96. The normalized spacial score (nSPS) is 9.47. The fourth-order valence-corrected chi connectivity index (χ4v) is 2.10. The fourth-order valence-electron chi connectivity index (χ4n) is 1.10. The average Bonchev–Trinajstić information content (AvgIpc) is 2.17. The maximum Gasteiger partial charge on any atom is 0 e. The van der Waals surface area contributed by atoms with Gasteiger partial charge in [0.05, 0.1) is 0 Å². The summed E-state index contributed by atoms with van der Waals surface area (Å²) >= 11 is 2.75. The predicted molar refractivity (Wildman–Crippen MR) is 68.7 cm³/mol. The van der Waals surface area contributed by atoms with Crippen LogP contribution in [-0.4, -0.2) is 10.6 Å². The van der Waals surface area contributed by atoms with Crippen molar-refractivity contribution in [1.29, 1.82) is 0 Å². The van der Waals surface area contributed by atoms with Gasteiger partial charge in [0.15, 0.2) is 0 Å². The molecule has 0 aliphatic carbocycles. The van der Waals surface area contributed by atoms with E-state index < -0.39 is 0 Å². The Morgan fingerprint density at radius 2 is 2.20 bits per heavy atom. The molecule has 79 valence electrons. The molecule has 4 heteroatoms. The molecule has 0 aliphatic heterocycles. The summed E-state index contributed by atoms with van der Waals surface area (Å²) in [5, 5.41) is 9.20. The van der Waals surface area contributed by atoms with Gasteiger partial charge in [-0.1, -0.05) is 35.4 Å². The van der Waals surface area contributed by atoms with Gasteiger partial charge in [-0.3, -0.25) is 5.75 Å². The minimum atomic E-state index is 0. The van der Waals surface area contributed by atoms with Crippen LogP contribution in [0.5, 0.6) is 0 Å². The van der Waals surface area contributed by atoms with Crippen LogP contribution in [0.15, 0.2) is 24.3 Å². The fraction of sp³-hybridized carbons (Fsp3) is 0.273. The topological polar surface area (TPSA) is 22.3 Å². The quantitative estimate of drug-likeness (QED) is 0.482. The van der Waals surface area contributed by atoms with Crippen LogP contribution in [0, 0.1) is 12.7 Å². The number of nitrogens with zero attached hydrogens (tertiary/aromatic N) is 1. The first kappa shape index (κ1) is 15.7. The molecule has 1 aromatic rings. The summed E-state index contributed by atoms with van der Waals surface area (Å²) < 4.78 is 0.401. The Labute approximate surface area is 126 Å². The van der Waals surface area contributed by atoms with E-state index in [1.165, 1.54) is 34.7 Å². The van der Waals surface area contributed by atoms with Crippen molar-refractivity contribution < 1.29 is 32.7 Å². The molecule has 0 bridgehead atoms. The summed E-state index contributed by atoms with van der Waals surface area (Å²) in [4.78, 5) is 0. The average molecular weight is 312 g/mol. The summed E-state index contributed by atoms with van der Waals surface area (Å²) in [6, 6.07) is 8.40. The molecule has 0 spiro atoms. The third kappa shape index (κ3) is 6.78. The van der Waals surface area contributed by atoms with E-state index in [0.29, 0.717) is 4.38 Å². The van der Waals surface area contributed by atoms with Crippen LogP contribution >= 0.6 is 23.5 Å². The van der Waals surface area contributed by atoms with Gasteiger partial charge in [0.1, 0.15) is 0 Å². The molecule has 0 saturated heterocycles. The molecule has 0 saturated carbocycles. The van der Waals surface area contributed by atoms with Crippen LogP contribution in [0.3, 0.4) is 0 Å². The van der Waals surface area contributed by atoms with E-state index >= 15 is 0 Å². The van der Waals surface area contributed by atoms with Crippen LogP contribution in [-0.2, 0) is 39.1 Å². The standard InChI is InChI=1S/C11H13NS2.Y/c1-9-4-3-5-10(8-9)6-7-14-11(12)13-2;/h3-5,7-8H,6H2,1-2H3;/q-2;. The van der Waals surface area contributed by atoms with Gasteiger partial charge in [0.25, 0.3) is 0 Å². The van der Waals surface area contributed by atoms with Gasteiger partial charge in [-0.05, 0) is 13.2 Å². The minimum absolute atomic E-state index is 0. The number of rotatable bonds is 3. The van der Waals surface area contributed by atoms with Gasteiger partial charge in [0, 0.05) is 32.7 Å². The van der Waals surface area contributed by atoms with Crippen LogP contribution in [0.25, 0.3) is 5.41 Å². The Bertz CT molecular complexity index is 315. The third-order valence-electron chi connectivity index (χ3n) is 1.76. The molecule has 0 aromatic heterocycles. The van der Waals surface area contributed by atoms with E-state index in [-0.39, 0.29) is 32.7 Å².